The van der Waals surface area contributed by atoms with Crippen LogP contribution in [-0.2, 0) is 9.47 Å². The SMILES string of the molecule is O=C1OCC(COc2ccc3ccccc3c2C#[N+]O)O1. The van der Waals surface area contributed by atoms with Crippen molar-refractivity contribution in [1.29, 1.82) is 0 Å². The third-order valence-corrected chi connectivity index (χ3v) is 3.13. The monoisotopic (exact) mass is 286 g/mol. The summed E-state index contributed by atoms with van der Waals surface area (Å²) in [5.74, 6) is 0.495. The number of ether oxygens (including phenoxy) is 3. The van der Waals surface area contributed by atoms with E-state index in [1.165, 1.54) is 0 Å². The zero-order valence-electron chi connectivity index (χ0n) is 11.0. The standard InChI is InChI=1S/C15H11NO5/c17-15-20-9-11(21-15)8-19-14-6-5-10-3-1-2-4-12(10)13(14)7-16-18/h1-6,11H,8-9H2/p+1. The molecule has 0 saturated carbocycles. The summed E-state index contributed by atoms with van der Waals surface area (Å²) in [6, 6.07) is 13.8. The molecule has 0 amide bonds. The second-order valence-corrected chi connectivity index (χ2v) is 4.48. The lowest BCUT2D eigenvalue weighted by atomic mass is 10.0. The van der Waals surface area contributed by atoms with E-state index in [4.69, 9.17) is 14.7 Å². The summed E-state index contributed by atoms with van der Waals surface area (Å²) < 4.78 is 15.2. The molecule has 1 aliphatic rings. The molecule has 106 valence electrons. The van der Waals surface area contributed by atoms with E-state index >= 15 is 0 Å². The van der Waals surface area contributed by atoms with E-state index in [9.17, 15) is 4.79 Å². The van der Waals surface area contributed by atoms with Crippen molar-refractivity contribution in [2.45, 2.75) is 6.10 Å². The van der Waals surface area contributed by atoms with Gasteiger partial charge in [-0.15, -0.1) is 0 Å². The summed E-state index contributed by atoms with van der Waals surface area (Å²) in [7, 11) is 0. The molecule has 1 N–H and O–H groups in total. The first-order valence-corrected chi connectivity index (χ1v) is 6.36. The van der Waals surface area contributed by atoms with E-state index < -0.39 is 12.3 Å². The van der Waals surface area contributed by atoms with Gasteiger partial charge in [0.2, 0.25) is 5.01 Å². The van der Waals surface area contributed by atoms with E-state index in [1.54, 1.807) is 6.07 Å². The molecular weight excluding hydrogens is 274 g/mol. The van der Waals surface area contributed by atoms with Gasteiger partial charge in [0.15, 0.2) is 11.7 Å². The van der Waals surface area contributed by atoms with Crippen LogP contribution in [0, 0.1) is 6.07 Å². The van der Waals surface area contributed by atoms with Gasteiger partial charge in [-0.05, 0) is 11.5 Å². The van der Waals surface area contributed by atoms with Crippen LogP contribution >= 0.6 is 0 Å². The molecule has 21 heavy (non-hydrogen) atoms. The molecular formula is C15H12NO5+. The van der Waals surface area contributed by atoms with Gasteiger partial charge in [0.1, 0.15) is 19.0 Å². The van der Waals surface area contributed by atoms with Crippen LogP contribution in [0.1, 0.15) is 5.56 Å². The van der Waals surface area contributed by atoms with Crippen molar-refractivity contribution in [3.8, 4) is 11.8 Å². The number of benzene rings is 2. The molecule has 1 heterocycles. The molecule has 2 aromatic rings. The van der Waals surface area contributed by atoms with Crippen LogP contribution in [0.25, 0.3) is 15.8 Å². The molecule has 1 fully saturated rings. The number of rotatable bonds is 3. The molecule has 1 atom stereocenters. The summed E-state index contributed by atoms with van der Waals surface area (Å²) in [4.78, 5) is 10.8. The number of hydrogen-bond acceptors (Lipinski definition) is 5. The average Bonchev–Trinajstić information content (AvgIpc) is 2.92. The zero-order chi connectivity index (χ0) is 14.7. The minimum absolute atomic E-state index is 0.157. The molecule has 3 rings (SSSR count). The molecule has 6 nitrogen and oxygen atoms in total. The van der Waals surface area contributed by atoms with Gasteiger partial charge in [-0.3, -0.25) is 0 Å². The number of carbonyl (C=O) groups is 1. The van der Waals surface area contributed by atoms with Gasteiger partial charge in [-0.25, -0.2) is 4.79 Å². The van der Waals surface area contributed by atoms with Gasteiger partial charge in [-0.1, -0.05) is 30.3 Å². The Morgan fingerprint density at radius 3 is 2.95 bits per heavy atom. The third kappa shape index (κ3) is 2.67. The maximum Gasteiger partial charge on any atom is 0.508 e. The van der Waals surface area contributed by atoms with Gasteiger partial charge in [0.05, 0.1) is 0 Å². The Hall–Kier alpha value is -2.94. The predicted molar refractivity (Wildman–Crippen MR) is 73.8 cm³/mol. The highest BCUT2D eigenvalue weighted by molar-refractivity contribution is 5.90. The van der Waals surface area contributed by atoms with Crippen molar-refractivity contribution >= 4 is 16.9 Å². The maximum atomic E-state index is 10.8. The number of cyclic esters (lactones) is 2. The van der Waals surface area contributed by atoms with Crippen LogP contribution in [0.2, 0.25) is 0 Å². The summed E-state index contributed by atoms with van der Waals surface area (Å²) in [5, 5.41) is 13.6. The van der Waals surface area contributed by atoms with Crippen LogP contribution in [-0.4, -0.2) is 30.7 Å². The first-order chi connectivity index (χ1) is 10.3. The molecule has 1 saturated heterocycles. The Morgan fingerprint density at radius 1 is 1.33 bits per heavy atom. The van der Waals surface area contributed by atoms with Crippen molar-refractivity contribution in [2.75, 3.05) is 13.2 Å². The summed E-state index contributed by atoms with van der Waals surface area (Å²) in [6.07, 6.45) is -1.13. The van der Waals surface area contributed by atoms with Crippen molar-refractivity contribution in [2.24, 2.45) is 0 Å². The highest BCUT2D eigenvalue weighted by Crippen LogP contribution is 2.27. The Kier molecular flexibility index (Phi) is 3.48. The van der Waals surface area contributed by atoms with Gasteiger partial charge in [-0.2, -0.15) is 5.21 Å². The van der Waals surface area contributed by atoms with Crippen molar-refractivity contribution in [1.82, 2.24) is 0 Å². The zero-order valence-corrected chi connectivity index (χ0v) is 11.0. The quantitative estimate of drug-likeness (QED) is 0.694. The number of nitrogens with zero attached hydrogens (tertiary/aromatic N) is 1. The molecule has 2 aromatic carbocycles. The minimum atomic E-state index is -0.689. The Balaban J connectivity index is 1.88. The molecule has 6 heteroatoms. The van der Waals surface area contributed by atoms with Gasteiger partial charge in [0.25, 0.3) is 0 Å². The number of carbonyl (C=O) groups excluding carboxylic acids is 1. The fraction of sp³-hybridized carbons (Fsp3) is 0.200. The van der Waals surface area contributed by atoms with Crippen LogP contribution in [0.15, 0.2) is 36.4 Å². The third-order valence-electron chi connectivity index (χ3n) is 3.13. The first-order valence-electron chi connectivity index (χ1n) is 6.36. The van der Waals surface area contributed by atoms with Crippen LogP contribution in [0.3, 0.4) is 0 Å². The molecule has 0 bridgehead atoms. The van der Waals surface area contributed by atoms with Crippen molar-refractivity contribution in [3.05, 3.63) is 47.0 Å². The highest BCUT2D eigenvalue weighted by Gasteiger charge is 2.26. The molecule has 0 spiro atoms. The number of hydrogen-bond donors (Lipinski definition) is 1. The summed E-state index contributed by atoms with van der Waals surface area (Å²) in [5.41, 5.74) is 0.542. The number of fused-ring (bicyclic) bond motifs is 1. The van der Waals surface area contributed by atoms with E-state index in [2.05, 4.69) is 15.8 Å². The molecule has 0 aromatic heterocycles. The molecule has 1 unspecified atom stereocenters. The van der Waals surface area contributed by atoms with Crippen molar-refractivity contribution < 1.29 is 24.2 Å². The largest absolute Gasteiger partial charge is 0.508 e. The predicted octanol–water partition coefficient (Wildman–Crippen LogP) is 2.82. The van der Waals surface area contributed by atoms with Crippen LogP contribution in [0.5, 0.6) is 5.75 Å². The van der Waals surface area contributed by atoms with Crippen LogP contribution < -0.4 is 4.74 Å². The second-order valence-electron chi connectivity index (χ2n) is 4.48. The maximum absolute atomic E-state index is 10.8. The summed E-state index contributed by atoms with van der Waals surface area (Å²) >= 11 is 0. The topological polar surface area (TPSA) is 69.4 Å². The molecule has 1 aliphatic heterocycles. The molecule has 0 aliphatic carbocycles. The van der Waals surface area contributed by atoms with E-state index in [0.29, 0.717) is 11.3 Å². The lowest BCUT2D eigenvalue weighted by molar-refractivity contribution is 0.0983. The molecule has 0 radical (unpaired) electrons. The average molecular weight is 286 g/mol. The van der Waals surface area contributed by atoms with Gasteiger partial charge < -0.3 is 14.2 Å². The van der Waals surface area contributed by atoms with Crippen LogP contribution in [0.4, 0.5) is 4.79 Å². The van der Waals surface area contributed by atoms with Crippen molar-refractivity contribution in [3.63, 3.8) is 0 Å². The Bertz CT molecular complexity index is 747. The fourth-order valence-corrected chi connectivity index (χ4v) is 2.17. The van der Waals surface area contributed by atoms with E-state index in [0.717, 1.165) is 10.8 Å². The smallest absolute Gasteiger partial charge is 0.488 e. The Morgan fingerprint density at radius 2 is 2.19 bits per heavy atom. The lowest BCUT2D eigenvalue weighted by Crippen LogP contribution is -2.20. The first kappa shape index (κ1) is 13.1. The van der Waals surface area contributed by atoms with Gasteiger partial charge in [0, 0.05) is 5.39 Å². The normalized spacial score (nSPS) is 16.8. The van der Waals surface area contributed by atoms with E-state index in [1.807, 2.05) is 30.3 Å². The minimum Gasteiger partial charge on any atom is -0.488 e. The second kappa shape index (κ2) is 5.59. The Labute approximate surface area is 120 Å². The summed E-state index contributed by atoms with van der Waals surface area (Å²) in [6.45, 7) is 0.323. The van der Waals surface area contributed by atoms with Gasteiger partial charge >= 0.3 is 12.2 Å². The highest BCUT2D eigenvalue weighted by atomic mass is 16.8. The fourth-order valence-electron chi connectivity index (χ4n) is 2.17. The van der Waals surface area contributed by atoms with E-state index in [-0.39, 0.29) is 13.2 Å². The lowest BCUT2D eigenvalue weighted by Gasteiger charge is -2.11.